The second-order valence-corrected chi connectivity index (χ2v) is 2.83. The van der Waals surface area contributed by atoms with Crippen molar-refractivity contribution in [2.75, 3.05) is 0 Å². The Kier molecular flexibility index (Phi) is 5.51. The Morgan fingerprint density at radius 1 is 1.23 bits per heavy atom. The lowest BCUT2D eigenvalue weighted by molar-refractivity contribution is -0.0798. The summed E-state index contributed by atoms with van der Waals surface area (Å²) in [4.78, 5) is 0. The van der Waals surface area contributed by atoms with E-state index < -0.39 is 6.18 Å². The standard InChI is InChI=1S/C10H15F3/c1-3-6-9(4-2)7-5-8-10(11,12)13/h5,7-8H,3-4,6H2,1-2H3/b8-5+,9-7+. The Morgan fingerprint density at radius 2 is 1.85 bits per heavy atom. The fourth-order valence-electron chi connectivity index (χ4n) is 0.992. The summed E-state index contributed by atoms with van der Waals surface area (Å²) < 4.78 is 35.0. The predicted octanol–water partition coefficient (Wildman–Crippen LogP) is 4.24. The maximum atomic E-state index is 11.7. The summed E-state index contributed by atoms with van der Waals surface area (Å²) in [5.41, 5.74) is 1.06. The lowest BCUT2D eigenvalue weighted by atomic mass is 10.1. The molecule has 0 aromatic carbocycles. The van der Waals surface area contributed by atoms with Crippen LogP contribution in [0.2, 0.25) is 0 Å². The van der Waals surface area contributed by atoms with Gasteiger partial charge in [-0.25, -0.2) is 0 Å². The van der Waals surface area contributed by atoms with Gasteiger partial charge in [0, 0.05) is 6.08 Å². The summed E-state index contributed by atoms with van der Waals surface area (Å²) in [6.07, 6.45) is 1.36. The second kappa shape index (κ2) is 5.84. The molecule has 0 spiro atoms. The van der Waals surface area contributed by atoms with Gasteiger partial charge in [-0.3, -0.25) is 0 Å². The van der Waals surface area contributed by atoms with E-state index in [-0.39, 0.29) is 6.08 Å². The van der Waals surface area contributed by atoms with Gasteiger partial charge >= 0.3 is 6.18 Å². The van der Waals surface area contributed by atoms with Crippen molar-refractivity contribution in [3.8, 4) is 0 Å². The van der Waals surface area contributed by atoms with Crippen LogP contribution >= 0.6 is 0 Å². The molecule has 0 saturated heterocycles. The molecule has 0 atom stereocenters. The van der Waals surface area contributed by atoms with Crippen LogP contribution < -0.4 is 0 Å². The van der Waals surface area contributed by atoms with E-state index in [9.17, 15) is 13.2 Å². The molecule has 0 heterocycles. The van der Waals surface area contributed by atoms with Crippen LogP contribution in [0, 0.1) is 0 Å². The Balaban J connectivity index is 4.13. The number of hydrogen-bond acceptors (Lipinski definition) is 0. The van der Waals surface area contributed by atoms with Gasteiger partial charge in [-0.15, -0.1) is 0 Å². The summed E-state index contributed by atoms with van der Waals surface area (Å²) in [7, 11) is 0. The van der Waals surface area contributed by atoms with Crippen LogP contribution in [0.15, 0.2) is 23.8 Å². The van der Waals surface area contributed by atoms with E-state index in [4.69, 9.17) is 0 Å². The van der Waals surface area contributed by atoms with Crippen molar-refractivity contribution in [2.45, 2.75) is 39.3 Å². The van der Waals surface area contributed by atoms with Gasteiger partial charge in [0.1, 0.15) is 0 Å². The highest BCUT2D eigenvalue weighted by molar-refractivity contribution is 5.13. The quantitative estimate of drug-likeness (QED) is 0.584. The first-order valence-electron chi connectivity index (χ1n) is 4.43. The van der Waals surface area contributed by atoms with E-state index in [1.165, 1.54) is 0 Å². The Hall–Kier alpha value is -0.730. The van der Waals surface area contributed by atoms with Crippen LogP contribution in [0.5, 0.6) is 0 Å². The third-order valence-electron chi connectivity index (χ3n) is 1.64. The minimum Gasteiger partial charge on any atom is -0.167 e. The lowest BCUT2D eigenvalue weighted by Crippen LogP contribution is -1.99. The van der Waals surface area contributed by atoms with E-state index >= 15 is 0 Å². The van der Waals surface area contributed by atoms with Gasteiger partial charge in [0.25, 0.3) is 0 Å². The zero-order chi connectivity index (χ0) is 10.3. The molecule has 0 amide bonds. The average Bonchev–Trinajstić information content (AvgIpc) is 2.01. The van der Waals surface area contributed by atoms with Crippen molar-refractivity contribution in [1.82, 2.24) is 0 Å². The van der Waals surface area contributed by atoms with Gasteiger partial charge in [-0.1, -0.05) is 38.0 Å². The minimum absolute atomic E-state index is 0.262. The van der Waals surface area contributed by atoms with Crippen molar-refractivity contribution in [3.05, 3.63) is 23.8 Å². The van der Waals surface area contributed by atoms with E-state index in [0.29, 0.717) is 0 Å². The molecule has 76 valence electrons. The normalized spacial score (nSPS) is 14.1. The van der Waals surface area contributed by atoms with Gasteiger partial charge in [-0.2, -0.15) is 13.2 Å². The first-order chi connectivity index (χ1) is 5.99. The Labute approximate surface area is 77.1 Å². The SMILES string of the molecule is CCC/C(=C/C=C/C(F)(F)F)CC. The monoisotopic (exact) mass is 192 g/mol. The zero-order valence-electron chi connectivity index (χ0n) is 7.99. The molecule has 0 aliphatic carbocycles. The summed E-state index contributed by atoms with van der Waals surface area (Å²) in [5.74, 6) is 0. The summed E-state index contributed by atoms with van der Waals surface area (Å²) >= 11 is 0. The first kappa shape index (κ1) is 12.3. The molecule has 0 aliphatic rings. The third kappa shape index (κ3) is 7.62. The van der Waals surface area contributed by atoms with Crippen LogP contribution in [0.3, 0.4) is 0 Å². The average molecular weight is 192 g/mol. The highest BCUT2D eigenvalue weighted by Gasteiger charge is 2.21. The van der Waals surface area contributed by atoms with E-state index in [0.717, 1.165) is 30.9 Å². The zero-order valence-corrected chi connectivity index (χ0v) is 7.99. The largest absolute Gasteiger partial charge is 0.409 e. The molecule has 13 heavy (non-hydrogen) atoms. The fourth-order valence-corrected chi connectivity index (χ4v) is 0.992. The number of rotatable bonds is 4. The molecule has 0 aromatic rings. The van der Waals surface area contributed by atoms with Crippen LogP contribution in [0.1, 0.15) is 33.1 Å². The summed E-state index contributed by atoms with van der Waals surface area (Å²) in [6, 6.07) is 0. The van der Waals surface area contributed by atoms with Gasteiger partial charge in [0.15, 0.2) is 0 Å². The maximum Gasteiger partial charge on any atom is 0.409 e. The number of hydrogen-bond donors (Lipinski definition) is 0. The molecular weight excluding hydrogens is 177 g/mol. The molecule has 3 heteroatoms. The molecule has 0 bridgehead atoms. The second-order valence-electron chi connectivity index (χ2n) is 2.83. The molecule has 0 aromatic heterocycles. The van der Waals surface area contributed by atoms with Crippen LogP contribution in [0.25, 0.3) is 0 Å². The number of allylic oxidation sites excluding steroid dienone is 4. The van der Waals surface area contributed by atoms with Crippen molar-refractivity contribution < 1.29 is 13.2 Å². The van der Waals surface area contributed by atoms with Gasteiger partial charge in [0.05, 0.1) is 0 Å². The van der Waals surface area contributed by atoms with E-state index in [1.54, 1.807) is 6.08 Å². The smallest absolute Gasteiger partial charge is 0.167 e. The topological polar surface area (TPSA) is 0 Å². The lowest BCUT2D eigenvalue weighted by Gasteiger charge is -2.00. The van der Waals surface area contributed by atoms with Crippen LogP contribution in [0.4, 0.5) is 13.2 Å². The van der Waals surface area contributed by atoms with E-state index in [1.807, 2.05) is 13.8 Å². The minimum atomic E-state index is -4.19. The Morgan fingerprint density at radius 3 is 2.23 bits per heavy atom. The van der Waals surface area contributed by atoms with E-state index in [2.05, 4.69) is 0 Å². The highest BCUT2D eigenvalue weighted by Crippen LogP contribution is 2.16. The van der Waals surface area contributed by atoms with Crippen LogP contribution in [-0.4, -0.2) is 6.18 Å². The van der Waals surface area contributed by atoms with Crippen molar-refractivity contribution >= 4 is 0 Å². The molecule has 0 rings (SSSR count). The molecule has 0 N–H and O–H groups in total. The van der Waals surface area contributed by atoms with Crippen molar-refractivity contribution in [1.29, 1.82) is 0 Å². The summed E-state index contributed by atoms with van der Waals surface area (Å²) in [6.45, 7) is 3.96. The fraction of sp³-hybridized carbons (Fsp3) is 0.600. The maximum absolute atomic E-state index is 11.7. The molecule has 0 aliphatic heterocycles. The summed E-state index contributed by atoms with van der Waals surface area (Å²) in [5, 5.41) is 0. The number of alkyl halides is 3. The Bertz CT molecular complexity index is 187. The molecule has 0 nitrogen and oxygen atoms in total. The molecule has 0 fully saturated rings. The molecule has 0 radical (unpaired) electrons. The molecular formula is C10H15F3. The van der Waals surface area contributed by atoms with Crippen molar-refractivity contribution in [2.24, 2.45) is 0 Å². The molecule has 0 unspecified atom stereocenters. The molecule has 0 saturated carbocycles. The first-order valence-corrected chi connectivity index (χ1v) is 4.43. The predicted molar refractivity (Wildman–Crippen MR) is 48.5 cm³/mol. The van der Waals surface area contributed by atoms with Crippen molar-refractivity contribution in [3.63, 3.8) is 0 Å². The number of halogens is 3. The van der Waals surface area contributed by atoms with Gasteiger partial charge < -0.3 is 0 Å². The highest BCUT2D eigenvalue weighted by atomic mass is 19.4. The van der Waals surface area contributed by atoms with Gasteiger partial charge in [0.2, 0.25) is 0 Å². The van der Waals surface area contributed by atoms with Gasteiger partial charge in [-0.05, 0) is 12.8 Å². The third-order valence-corrected chi connectivity index (χ3v) is 1.64. The van der Waals surface area contributed by atoms with Crippen LogP contribution in [-0.2, 0) is 0 Å².